The summed E-state index contributed by atoms with van der Waals surface area (Å²) < 4.78 is 22.8. The molecule has 0 atom stereocenters. The highest BCUT2D eigenvalue weighted by Crippen LogP contribution is 2.44. The van der Waals surface area contributed by atoms with Crippen LogP contribution in [0.15, 0.2) is 0 Å². The van der Waals surface area contributed by atoms with Crippen molar-refractivity contribution in [2.75, 3.05) is 0 Å². The number of alkyl halides is 1. The lowest BCUT2D eigenvalue weighted by atomic mass is 9.70. The fraction of sp³-hybridized carbons (Fsp3) is 0.909. The predicted molar refractivity (Wildman–Crippen MR) is 50.7 cm³/mol. The van der Waals surface area contributed by atoms with Gasteiger partial charge in [-0.3, -0.25) is 0 Å². The molecule has 0 bridgehead atoms. The topological polar surface area (TPSA) is 0 Å². The zero-order valence-corrected chi connectivity index (χ0v) is 8.79. The summed E-state index contributed by atoms with van der Waals surface area (Å²) in [5.74, 6) is 0. The molecule has 2 heteroatoms. The Balaban J connectivity index is 0.000000671. The van der Waals surface area contributed by atoms with Crippen molar-refractivity contribution in [3.8, 4) is 0 Å². The van der Waals surface area contributed by atoms with E-state index in [1.54, 1.807) is 0 Å². The van der Waals surface area contributed by atoms with Gasteiger partial charge in [-0.05, 0) is 18.3 Å². The molecule has 0 aromatic carbocycles. The molecule has 77 valence electrons. The van der Waals surface area contributed by atoms with Gasteiger partial charge in [0.25, 0.3) is 0 Å². The van der Waals surface area contributed by atoms with Gasteiger partial charge in [0.2, 0.25) is 7.18 Å². The maximum Gasteiger partial charge on any atom is 0.232 e. The Morgan fingerprint density at radius 3 is 1.62 bits per heavy atom. The van der Waals surface area contributed by atoms with Gasteiger partial charge in [0.05, 0.1) is 0 Å². The first kappa shape index (κ1) is 12.9. The van der Waals surface area contributed by atoms with Crippen molar-refractivity contribution in [1.29, 1.82) is 0 Å². The Morgan fingerprint density at radius 1 is 1.00 bits per heavy atom. The molecule has 0 nitrogen and oxygen atoms in total. The molecule has 1 fully saturated rings. The van der Waals surface area contributed by atoms with Crippen molar-refractivity contribution in [3.63, 3.8) is 0 Å². The minimum absolute atomic E-state index is 0.159. The van der Waals surface area contributed by atoms with Crippen LogP contribution in [0.25, 0.3) is 0 Å². The molecule has 0 aromatic heterocycles. The lowest BCUT2D eigenvalue weighted by molar-refractivity contribution is -0.00584. The normalized spacial score (nSPS) is 21.7. The Labute approximate surface area is 80.7 Å². The first-order valence-corrected chi connectivity index (χ1v) is 4.84. The maximum atomic E-state index is 14.1. The van der Waals surface area contributed by atoms with Crippen molar-refractivity contribution >= 4 is 0 Å². The molecule has 0 unspecified atom stereocenters. The highest BCUT2D eigenvalue weighted by atomic mass is 19.1. The van der Waals surface area contributed by atoms with Crippen LogP contribution in [0.2, 0.25) is 0 Å². The molecule has 0 aliphatic heterocycles. The summed E-state index contributed by atoms with van der Waals surface area (Å²) in [6.45, 7) is 6.04. The molecule has 1 saturated carbocycles. The van der Waals surface area contributed by atoms with Gasteiger partial charge in [-0.2, -0.15) is 0 Å². The van der Waals surface area contributed by atoms with E-state index in [1.165, 1.54) is 6.42 Å². The second kappa shape index (κ2) is 4.92. The number of halogens is 2. The van der Waals surface area contributed by atoms with E-state index in [0.717, 1.165) is 25.7 Å². The third-order valence-electron chi connectivity index (χ3n) is 2.99. The minimum atomic E-state index is -0.884. The summed E-state index contributed by atoms with van der Waals surface area (Å²) in [5.41, 5.74) is -1.04. The zero-order valence-electron chi connectivity index (χ0n) is 8.79. The Bertz CT molecular complexity index is 130. The monoisotopic (exact) mass is 189 g/mol. The molecular formula is C11H19F2. The van der Waals surface area contributed by atoms with Crippen LogP contribution in [-0.2, 0) is 0 Å². The lowest BCUT2D eigenvalue weighted by Gasteiger charge is -2.40. The van der Waals surface area contributed by atoms with Gasteiger partial charge in [-0.15, -0.1) is 0 Å². The van der Waals surface area contributed by atoms with E-state index < -0.39 is 5.67 Å². The largest absolute Gasteiger partial charge is 0.243 e. The average molecular weight is 189 g/mol. The smallest absolute Gasteiger partial charge is 0.232 e. The van der Waals surface area contributed by atoms with E-state index in [0.29, 0.717) is 0 Å². The van der Waals surface area contributed by atoms with E-state index in [4.69, 9.17) is 4.39 Å². The molecule has 3 radical (unpaired) electrons. The molecule has 13 heavy (non-hydrogen) atoms. The van der Waals surface area contributed by atoms with E-state index in [2.05, 4.69) is 7.18 Å². The SMILES string of the molecule is CC(C)(C)C1(F)CCCCC1.[C]F. The molecular weight excluding hydrogens is 170 g/mol. The van der Waals surface area contributed by atoms with Crippen LogP contribution in [0.5, 0.6) is 0 Å². The van der Waals surface area contributed by atoms with Crippen LogP contribution in [0, 0.1) is 12.6 Å². The molecule has 0 saturated heterocycles. The summed E-state index contributed by atoms with van der Waals surface area (Å²) in [6.07, 6.45) is 4.93. The van der Waals surface area contributed by atoms with Gasteiger partial charge in [-0.1, -0.05) is 40.0 Å². The predicted octanol–water partition coefficient (Wildman–Crippen LogP) is 4.21. The maximum absolute atomic E-state index is 14.1. The quantitative estimate of drug-likeness (QED) is 0.535. The minimum Gasteiger partial charge on any atom is -0.243 e. The Hall–Kier alpha value is -0.140. The molecule has 0 heterocycles. The third kappa shape index (κ3) is 3.24. The molecule has 0 aromatic rings. The summed E-state index contributed by atoms with van der Waals surface area (Å²) in [5, 5.41) is 0. The van der Waals surface area contributed by atoms with Crippen LogP contribution in [0.4, 0.5) is 8.78 Å². The van der Waals surface area contributed by atoms with Gasteiger partial charge < -0.3 is 0 Å². The first-order valence-electron chi connectivity index (χ1n) is 4.84. The first-order chi connectivity index (χ1) is 5.96. The van der Waals surface area contributed by atoms with E-state index in [9.17, 15) is 4.39 Å². The summed E-state index contributed by atoms with van der Waals surface area (Å²) >= 11 is 0. The molecule has 1 aliphatic rings. The fourth-order valence-electron chi connectivity index (χ4n) is 1.86. The van der Waals surface area contributed by atoms with Gasteiger partial charge >= 0.3 is 0 Å². The molecule has 1 aliphatic carbocycles. The molecule has 0 spiro atoms. The Morgan fingerprint density at radius 2 is 1.38 bits per heavy atom. The summed E-state index contributed by atoms with van der Waals surface area (Å²) in [6, 6.07) is 0. The zero-order chi connectivity index (χ0) is 10.5. The Kier molecular flexibility index (Phi) is 4.87. The van der Waals surface area contributed by atoms with Crippen LogP contribution >= 0.6 is 0 Å². The van der Waals surface area contributed by atoms with Crippen LogP contribution in [0.1, 0.15) is 52.9 Å². The standard InChI is InChI=1S/C10H19F.CF/c1-9(2,3)10(11)7-5-4-6-8-10;1-2/h4-8H2,1-3H3;. The molecule has 1 rings (SSSR count). The van der Waals surface area contributed by atoms with Crippen molar-refractivity contribution in [2.45, 2.75) is 58.5 Å². The van der Waals surface area contributed by atoms with Crippen LogP contribution in [0.3, 0.4) is 0 Å². The van der Waals surface area contributed by atoms with Gasteiger partial charge in [0.15, 0.2) is 0 Å². The highest BCUT2D eigenvalue weighted by molar-refractivity contribution is 4.92. The average Bonchev–Trinajstić information content (AvgIpc) is 2.07. The van der Waals surface area contributed by atoms with Crippen LogP contribution in [-0.4, -0.2) is 5.67 Å². The highest BCUT2D eigenvalue weighted by Gasteiger charge is 2.42. The molecule has 0 amide bonds. The third-order valence-corrected chi connectivity index (χ3v) is 2.99. The number of rotatable bonds is 0. The van der Waals surface area contributed by atoms with Crippen molar-refractivity contribution < 1.29 is 8.78 Å². The fourth-order valence-corrected chi connectivity index (χ4v) is 1.86. The van der Waals surface area contributed by atoms with Crippen molar-refractivity contribution in [3.05, 3.63) is 7.18 Å². The number of hydrogen-bond donors (Lipinski definition) is 0. The molecule has 0 N–H and O–H groups in total. The second-order valence-electron chi connectivity index (χ2n) is 4.78. The second-order valence-corrected chi connectivity index (χ2v) is 4.78. The van der Waals surface area contributed by atoms with E-state index in [1.807, 2.05) is 20.8 Å². The van der Waals surface area contributed by atoms with Gasteiger partial charge in [0.1, 0.15) is 5.67 Å². The summed E-state index contributed by atoms with van der Waals surface area (Å²) in [4.78, 5) is 0. The van der Waals surface area contributed by atoms with E-state index >= 15 is 0 Å². The van der Waals surface area contributed by atoms with Crippen molar-refractivity contribution in [1.82, 2.24) is 0 Å². The summed E-state index contributed by atoms with van der Waals surface area (Å²) in [7, 11) is 4.25. The van der Waals surface area contributed by atoms with Gasteiger partial charge in [0, 0.05) is 0 Å². The van der Waals surface area contributed by atoms with E-state index in [-0.39, 0.29) is 5.41 Å². The van der Waals surface area contributed by atoms with Crippen LogP contribution < -0.4 is 0 Å². The number of hydrogen-bond acceptors (Lipinski definition) is 0. The van der Waals surface area contributed by atoms with Crippen molar-refractivity contribution in [2.24, 2.45) is 5.41 Å². The van der Waals surface area contributed by atoms with Gasteiger partial charge in [-0.25, -0.2) is 8.78 Å². The lowest BCUT2D eigenvalue weighted by Crippen LogP contribution is -2.40.